The molecule has 4 heteroatoms. The Balaban J connectivity index is 2.28. The second kappa shape index (κ2) is 4.43. The van der Waals surface area contributed by atoms with Crippen LogP contribution in [-0.4, -0.2) is 11.4 Å². The third kappa shape index (κ3) is 2.30. The van der Waals surface area contributed by atoms with Gasteiger partial charge in [-0.15, -0.1) is 0 Å². The van der Waals surface area contributed by atoms with Crippen molar-refractivity contribution in [3.63, 3.8) is 0 Å². The monoisotopic (exact) mass is 239 g/mol. The third-order valence-corrected chi connectivity index (χ3v) is 3.49. The maximum Gasteiger partial charge on any atom is 0.220 e. The van der Waals surface area contributed by atoms with Gasteiger partial charge >= 0.3 is 0 Å². The molecule has 2 rings (SSSR count). The molecule has 0 bridgehead atoms. The fourth-order valence-electron chi connectivity index (χ4n) is 2.34. The van der Waals surface area contributed by atoms with E-state index >= 15 is 0 Å². The second-order valence-corrected chi connectivity index (χ2v) is 4.56. The summed E-state index contributed by atoms with van der Waals surface area (Å²) in [7, 11) is 0. The number of carbonyl (C=O) groups is 1. The smallest absolute Gasteiger partial charge is 0.220 e. The van der Waals surface area contributed by atoms with Crippen LogP contribution >= 0.6 is 0 Å². The van der Waals surface area contributed by atoms with Crippen LogP contribution in [-0.2, 0) is 11.2 Å². The van der Waals surface area contributed by atoms with Crippen molar-refractivity contribution in [1.29, 1.82) is 0 Å². The van der Waals surface area contributed by atoms with Crippen molar-refractivity contribution in [2.75, 3.05) is 0 Å². The summed E-state index contributed by atoms with van der Waals surface area (Å²) in [6.45, 7) is 1.92. The van der Waals surface area contributed by atoms with Crippen LogP contribution in [0.3, 0.4) is 0 Å². The molecule has 0 aliphatic carbocycles. The largest absolute Gasteiger partial charge is 0.350 e. The lowest BCUT2D eigenvalue weighted by atomic mass is 9.86. The van der Waals surface area contributed by atoms with E-state index in [9.17, 15) is 13.6 Å². The van der Waals surface area contributed by atoms with Gasteiger partial charge in [0, 0.05) is 23.9 Å². The number of hydrogen-bond acceptors (Lipinski definition) is 1. The van der Waals surface area contributed by atoms with Crippen LogP contribution in [0, 0.1) is 11.6 Å². The molecule has 1 N–H and O–H groups in total. The Kier molecular flexibility index (Phi) is 3.13. The molecule has 2 nitrogen and oxygen atoms in total. The summed E-state index contributed by atoms with van der Waals surface area (Å²) in [6, 6.07) is 3.84. The summed E-state index contributed by atoms with van der Waals surface area (Å²) < 4.78 is 27.1. The number of benzene rings is 1. The number of halogens is 2. The number of hydrogen-bond donors (Lipinski definition) is 1. The van der Waals surface area contributed by atoms with Crippen molar-refractivity contribution in [3.8, 4) is 0 Å². The zero-order valence-corrected chi connectivity index (χ0v) is 9.72. The predicted molar refractivity (Wildman–Crippen MR) is 60.5 cm³/mol. The molecule has 0 spiro atoms. The van der Waals surface area contributed by atoms with Gasteiger partial charge in [-0.25, -0.2) is 8.78 Å². The van der Waals surface area contributed by atoms with Crippen molar-refractivity contribution >= 4 is 5.91 Å². The maximum atomic E-state index is 13.6. The Hall–Kier alpha value is -1.45. The molecule has 1 aliphatic heterocycles. The molecule has 0 saturated carbocycles. The van der Waals surface area contributed by atoms with Crippen LogP contribution < -0.4 is 5.32 Å². The van der Waals surface area contributed by atoms with E-state index in [1.54, 1.807) is 0 Å². The van der Waals surface area contributed by atoms with Crippen molar-refractivity contribution in [3.05, 3.63) is 35.4 Å². The highest BCUT2D eigenvalue weighted by Crippen LogP contribution is 2.29. The lowest BCUT2D eigenvalue weighted by Crippen LogP contribution is -2.43. The van der Waals surface area contributed by atoms with E-state index in [2.05, 4.69) is 5.32 Å². The zero-order chi connectivity index (χ0) is 12.5. The fourth-order valence-corrected chi connectivity index (χ4v) is 2.34. The van der Waals surface area contributed by atoms with Crippen molar-refractivity contribution in [2.24, 2.45) is 0 Å². The van der Waals surface area contributed by atoms with E-state index in [1.165, 1.54) is 18.2 Å². The van der Waals surface area contributed by atoms with Gasteiger partial charge in [0.05, 0.1) is 0 Å². The molecule has 17 heavy (non-hydrogen) atoms. The molecule has 1 aromatic carbocycles. The first-order chi connectivity index (χ1) is 8.06. The molecule has 92 valence electrons. The molecule has 1 amide bonds. The molecule has 1 aliphatic rings. The zero-order valence-electron chi connectivity index (χ0n) is 9.72. The number of nitrogens with one attached hydrogen (secondary N) is 1. The van der Waals surface area contributed by atoms with Crippen LogP contribution in [0.2, 0.25) is 0 Å². The van der Waals surface area contributed by atoms with Crippen molar-refractivity contribution in [1.82, 2.24) is 5.32 Å². The normalized spacial score (nSPS) is 23.8. The highest BCUT2D eigenvalue weighted by Gasteiger charge is 2.37. The minimum absolute atomic E-state index is 0.0383. The number of carbonyl (C=O) groups excluding carboxylic acids is 1. The van der Waals surface area contributed by atoms with Gasteiger partial charge in [0.15, 0.2) is 0 Å². The molecule has 1 aromatic rings. The van der Waals surface area contributed by atoms with E-state index in [4.69, 9.17) is 0 Å². The Labute approximate surface area is 99.0 Å². The van der Waals surface area contributed by atoms with Gasteiger partial charge in [-0.05, 0) is 25.0 Å². The maximum absolute atomic E-state index is 13.6. The number of rotatable bonds is 3. The Morgan fingerprint density at radius 2 is 2.00 bits per heavy atom. The van der Waals surface area contributed by atoms with E-state index in [1.807, 2.05) is 6.92 Å². The molecular formula is C13H15F2NO. The molecule has 0 aromatic heterocycles. The quantitative estimate of drug-likeness (QED) is 0.863. The summed E-state index contributed by atoms with van der Waals surface area (Å²) in [5.74, 6) is -1.12. The van der Waals surface area contributed by atoms with Crippen LogP contribution in [0.4, 0.5) is 8.78 Å². The summed E-state index contributed by atoms with van der Waals surface area (Å²) in [5, 5.41) is 2.85. The Bertz CT molecular complexity index is 427. The predicted octanol–water partition coefficient (Wildman–Crippen LogP) is 2.57. The second-order valence-electron chi connectivity index (χ2n) is 4.56. The average Bonchev–Trinajstić information content (AvgIpc) is 2.67. The highest BCUT2D eigenvalue weighted by molar-refractivity contribution is 5.79. The first-order valence-electron chi connectivity index (χ1n) is 5.80. The SMILES string of the molecule is CCC1(Cc2c(F)cccc2F)CCC(=O)N1. The topological polar surface area (TPSA) is 29.1 Å². The van der Waals surface area contributed by atoms with E-state index < -0.39 is 17.2 Å². The summed E-state index contributed by atoms with van der Waals surface area (Å²) >= 11 is 0. The van der Waals surface area contributed by atoms with Gasteiger partial charge < -0.3 is 5.32 Å². The highest BCUT2D eigenvalue weighted by atomic mass is 19.1. The van der Waals surface area contributed by atoms with Crippen molar-refractivity contribution in [2.45, 2.75) is 38.1 Å². The number of amides is 1. The van der Waals surface area contributed by atoms with Gasteiger partial charge in [-0.3, -0.25) is 4.79 Å². The summed E-state index contributed by atoms with van der Waals surface area (Å²) in [6.07, 6.45) is 1.96. The molecule has 1 fully saturated rings. The van der Waals surface area contributed by atoms with Crippen LogP contribution in [0.5, 0.6) is 0 Å². The minimum atomic E-state index is -0.543. The molecule has 1 unspecified atom stereocenters. The van der Waals surface area contributed by atoms with E-state index in [0.29, 0.717) is 19.3 Å². The molecule has 1 heterocycles. The molecule has 1 saturated heterocycles. The van der Waals surface area contributed by atoms with Crippen molar-refractivity contribution < 1.29 is 13.6 Å². The molecular weight excluding hydrogens is 224 g/mol. The van der Waals surface area contributed by atoms with Crippen LogP contribution in [0.15, 0.2) is 18.2 Å². The lowest BCUT2D eigenvalue weighted by Gasteiger charge is -2.28. The van der Waals surface area contributed by atoms with Gasteiger partial charge in [-0.2, -0.15) is 0 Å². The van der Waals surface area contributed by atoms with Gasteiger partial charge in [0.25, 0.3) is 0 Å². The summed E-state index contributed by atoms with van der Waals surface area (Å²) in [4.78, 5) is 11.3. The molecule has 1 atom stereocenters. The Morgan fingerprint density at radius 1 is 1.35 bits per heavy atom. The van der Waals surface area contributed by atoms with Gasteiger partial charge in [0.1, 0.15) is 11.6 Å². The lowest BCUT2D eigenvalue weighted by molar-refractivity contribution is -0.119. The minimum Gasteiger partial charge on any atom is -0.350 e. The van der Waals surface area contributed by atoms with Crippen LogP contribution in [0.1, 0.15) is 31.7 Å². The molecule has 0 radical (unpaired) electrons. The average molecular weight is 239 g/mol. The standard InChI is InChI=1S/C13H15F2NO/c1-2-13(7-6-12(17)16-13)8-9-10(14)4-3-5-11(9)15/h3-5H,2,6-8H2,1H3,(H,16,17). The van der Waals surface area contributed by atoms with Gasteiger partial charge in [0.2, 0.25) is 5.91 Å². The first-order valence-corrected chi connectivity index (χ1v) is 5.80. The summed E-state index contributed by atoms with van der Waals surface area (Å²) in [5.41, 5.74) is -0.420. The third-order valence-electron chi connectivity index (χ3n) is 3.49. The van der Waals surface area contributed by atoms with E-state index in [-0.39, 0.29) is 17.9 Å². The van der Waals surface area contributed by atoms with E-state index in [0.717, 1.165) is 0 Å². The Morgan fingerprint density at radius 3 is 2.47 bits per heavy atom. The fraction of sp³-hybridized carbons (Fsp3) is 0.462. The first kappa shape index (κ1) is 12.0. The van der Waals surface area contributed by atoms with Gasteiger partial charge in [-0.1, -0.05) is 13.0 Å². The van der Waals surface area contributed by atoms with Crippen LogP contribution in [0.25, 0.3) is 0 Å².